The Labute approximate surface area is 253 Å². The van der Waals surface area contributed by atoms with Crippen LogP contribution >= 0.6 is 11.6 Å². The number of pyridine rings is 1. The molecule has 4 heterocycles. The SMILES string of the molecule is COc1cc2c(cc1-n1nc(C(=O)NCCN3CCC(C(=O)O)CC3)c3cnc(Cl)cc31)OCCN2C(=O)OC(C)(C)C. The number of carbonyl (C=O) groups is 3. The Kier molecular flexibility index (Phi) is 8.65. The number of aliphatic carboxylic acids is 1. The molecule has 2 aliphatic heterocycles. The minimum atomic E-state index is -0.758. The number of amides is 2. The number of nitrogens with one attached hydrogen (secondary N) is 1. The van der Waals surface area contributed by atoms with E-state index in [1.165, 1.54) is 18.2 Å². The molecule has 1 aromatic carbocycles. The molecule has 0 atom stereocenters. The lowest BCUT2D eigenvalue weighted by Crippen LogP contribution is -2.41. The third-order valence-corrected chi connectivity index (χ3v) is 7.57. The average molecular weight is 615 g/mol. The monoisotopic (exact) mass is 614 g/mol. The van der Waals surface area contributed by atoms with Crippen molar-refractivity contribution in [1.82, 2.24) is 25.0 Å². The van der Waals surface area contributed by atoms with E-state index in [1.54, 1.807) is 43.7 Å². The summed E-state index contributed by atoms with van der Waals surface area (Å²) in [7, 11) is 1.50. The zero-order chi connectivity index (χ0) is 30.9. The molecule has 0 saturated carbocycles. The molecule has 0 bridgehead atoms. The van der Waals surface area contributed by atoms with Gasteiger partial charge in [0.15, 0.2) is 5.69 Å². The third-order valence-electron chi connectivity index (χ3n) is 7.36. The number of anilines is 1. The van der Waals surface area contributed by atoms with E-state index in [2.05, 4.69) is 20.3 Å². The van der Waals surface area contributed by atoms with Crippen molar-refractivity contribution >= 4 is 46.2 Å². The van der Waals surface area contributed by atoms with Crippen molar-refractivity contribution in [1.29, 1.82) is 0 Å². The van der Waals surface area contributed by atoms with Crippen molar-refractivity contribution < 1.29 is 33.7 Å². The standard InChI is InChI=1S/C29H35ClN6O7/c1-29(2,3)43-28(40)35-11-12-42-23-14-21(22(41-4)13-20(23)35)36-19-15-24(30)32-16-18(19)25(33-36)26(37)31-7-10-34-8-5-17(6-9-34)27(38)39/h13-17H,5-12H2,1-4H3,(H,31,37)(H,38,39). The fraction of sp³-hybridized carbons (Fsp3) is 0.483. The summed E-state index contributed by atoms with van der Waals surface area (Å²) in [5, 5.41) is 17.5. The Morgan fingerprint density at radius 1 is 1.14 bits per heavy atom. The van der Waals surface area contributed by atoms with Gasteiger partial charge >= 0.3 is 12.1 Å². The number of hydrogen-bond donors (Lipinski definition) is 2. The normalized spacial score (nSPS) is 16.0. The minimum absolute atomic E-state index is 0.153. The van der Waals surface area contributed by atoms with Gasteiger partial charge in [-0.1, -0.05) is 11.6 Å². The van der Waals surface area contributed by atoms with Crippen molar-refractivity contribution in [2.45, 2.75) is 39.2 Å². The number of carboxylic acid groups (broad SMARTS) is 1. The molecule has 2 N–H and O–H groups in total. The summed E-state index contributed by atoms with van der Waals surface area (Å²) in [6, 6.07) is 4.99. The highest BCUT2D eigenvalue weighted by molar-refractivity contribution is 6.30. The van der Waals surface area contributed by atoms with Crippen LogP contribution in [-0.2, 0) is 9.53 Å². The number of benzene rings is 1. The molecular weight excluding hydrogens is 580 g/mol. The zero-order valence-corrected chi connectivity index (χ0v) is 25.3. The summed E-state index contributed by atoms with van der Waals surface area (Å²) in [5.41, 5.74) is 0.968. The number of nitrogens with zero attached hydrogens (tertiary/aromatic N) is 5. The zero-order valence-electron chi connectivity index (χ0n) is 24.6. The van der Waals surface area contributed by atoms with Gasteiger partial charge in [-0.2, -0.15) is 5.10 Å². The van der Waals surface area contributed by atoms with Crippen molar-refractivity contribution in [3.8, 4) is 17.2 Å². The van der Waals surface area contributed by atoms with Crippen LogP contribution in [0.2, 0.25) is 5.15 Å². The second-order valence-electron chi connectivity index (χ2n) is 11.5. The lowest BCUT2D eigenvalue weighted by atomic mass is 9.97. The second kappa shape index (κ2) is 12.3. The molecule has 2 amide bonds. The Morgan fingerprint density at radius 2 is 1.88 bits per heavy atom. The molecule has 2 aromatic heterocycles. The number of aromatic nitrogens is 3. The predicted molar refractivity (Wildman–Crippen MR) is 159 cm³/mol. The number of halogens is 1. The number of carboxylic acids is 1. The first-order valence-corrected chi connectivity index (χ1v) is 14.5. The van der Waals surface area contributed by atoms with Crippen molar-refractivity contribution in [3.05, 3.63) is 35.2 Å². The maximum Gasteiger partial charge on any atom is 0.415 e. The van der Waals surface area contributed by atoms with Crippen LogP contribution in [0.15, 0.2) is 24.4 Å². The van der Waals surface area contributed by atoms with E-state index in [1.807, 2.05) is 0 Å². The first kappa shape index (κ1) is 30.4. The molecule has 5 rings (SSSR count). The fourth-order valence-corrected chi connectivity index (χ4v) is 5.37. The molecule has 1 fully saturated rings. The van der Waals surface area contributed by atoms with Gasteiger partial charge in [0.2, 0.25) is 0 Å². The van der Waals surface area contributed by atoms with Gasteiger partial charge in [0, 0.05) is 37.5 Å². The van der Waals surface area contributed by atoms with E-state index in [0.29, 0.717) is 79.3 Å². The number of piperidine rings is 1. The van der Waals surface area contributed by atoms with Gasteiger partial charge < -0.3 is 29.5 Å². The van der Waals surface area contributed by atoms with Crippen LogP contribution in [0.4, 0.5) is 10.5 Å². The van der Waals surface area contributed by atoms with E-state index in [4.69, 9.17) is 25.8 Å². The molecule has 2 aliphatic rings. The van der Waals surface area contributed by atoms with E-state index < -0.39 is 23.6 Å². The molecule has 43 heavy (non-hydrogen) atoms. The summed E-state index contributed by atoms with van der Waals surface area (Å²) in [5.74, 6) is -0.655. The Morgan fingerprint density at radius 3 is 2.56 bits per heavy atom. The van der Waals surface area contributed by atoms with Crippen molar-refractivity contribution in [2.24, 2.45) is 5.92 Å². The molecule has 1 saturated heterocycles. The van der Waals surface area contributed by atoms with Gasteiger partial charge in [-0.3, -0.25) is 14.5 Å². The maximum atomic E-state index is 13.3. The Bertz CT molecular complexity index is 1540. The first-order valence-electron chi connectivity index (χ1n) is 14.1. The highest BCUT2D eigenvalue weighted by Crippen LogP contribution is 2.41. The molecule has 0 aliphatic carbocycles. The Hall–Kier alpha value is -4.10. The number of hydrogen-bond acceptors (Lipinski definition) is 9. The molecule has 3 aromatic rings. The highest BCUT2D eigenvalue weighted by atomic mass is 35.5. The van der Waals surface area contributed by atoms with Crippen LogP contribution in [0.25, 0.3) is 16.6 Å². The summed E-state index contributed by atoms with van der Waals surface area (Å²) < 4.78 is 18.8. The summed E-state index contributed by atoms with van der Waals surface area (Å²) in [6.07, 6.45) is 2.18. The summed E-state index contributed by atoms with van der Waals surface area (Å²) >= 11 is 6.25. The van der Waals surface area contributed by atoms with Gasteiger partial charge in [-0.25, -0.2) is 14.5 Å². The largest absolute Gasteiger partial charge is 0.494 e. The van der Waals surface area contributed by atoms with Crippen LogP contribution < -0.4 is 19.7 Å². The number of rotatable bonds is 7. The second-order valence-corrected chi connectivity index (χ2v) is 11.9. The Balaban J connectivity index is 1.41. The third kappa shape index (κ3) is 6.62. The van der Waals surface area contributed by atoms with E-state index in [0.717, 1.165) is 0 Å². The van der Waals surface area contributed by atoms with Crippen LogP contribution in [0.5, 0.6) is 11.5 Å². The highest BCUT2D eigenvalue weighted by Gasteiger charge is 2.31. The maximum absolute atomic E-state index is 13.3. The number of fused-ring (bicyclic) bond motifs is 2. The predicted octanol–water partition coefficient (Wildman–Crippen LogP) is 3.74. The quantitative estimate of drug-likeness (QED) is 0.377. The molecule has 0 unspecified atom stereocenters. The van der Waals surface area contributed by atoms with Crippen molar-refractivity contribution in [3.63, 3.8) is 0 Å². The van der Waals surface area contributed by atoms with Gasteiger partial charge in [0.25, 0.3) is 5.91 Å². The van der Waals surface area contributed by atoms with Crippen LogP contribution in [0.3, 0.4) is 0 Å². The van der Waals surface area contributed by atoms with E-state index in [-0.39, 0.29) is 23.4 Å². The number of methoxy groups -OCH3 is 1. The van der Waals surface area contributed by atoms with Gasteiger partial charge in [-0.15, -0.1) is 0 Å². The minimum Gasteiger partial charge on any atom is -0.494 e. The molecule has 13 nitrogen and oxygen atoms in total. The van der Waals surface area contributed by atoms with Crippen LogP contribution in [0, 0.1) is 5.92 Å². The number of ether oxygens (including phenoxy) is 3. The first-order chi connectivity index (χ1) is 20.4. The summed E-state index contributed by atoms with van der Waals surface area (Å²) in [4.78, 5) is 45.3. The molecule has 14 heteroatoms. The lowest BCUT2D eigenvalue weighted by Gasteiger charge is -2.32. The van der Waals surface area contributed by atoms with Crippen LogP contribution in [-0.4, -0.2) is 94.8 Å². The fourth-order valence-electron chi connectivity index (χ4n) is 5.22. The smallest absolute Gasteiger partial charge is 0.415 e. The topological polar surface area (TPSA) is 148 Å². The van der Waals surface area contributed by atoms with Gasteiger partial charge in [0.05, 0.1) is 36.2 Å². The molecule has 0 radical (unpaired) electrons. The van der Waals surface area contributed by atoms with E-state index >= 15 is 0 Å². The van der Waals surface area contributed by atoms with E-state index in [9.17, 15) is 19.5 Å². The number of likely N-dealkylation sites (tertiary alicyclic amines) is 1. The summed E-state index contributed by atoms with van der Waals surface area (Å²) in [6.45, 7) is 8.25. The molecule has 230 valence electrons. The number of carbonyl (C=O) groups excluding carboxylic acids is 2. The lowest BCUT2D eigenvalue weighted by molar-refractivity contribution is -0.143. The average Bonchev–Trinajstić information content (AvgIpc) is 3.34. The molecule has 0 spiro atoms. The van der Waals surface area contributed by atoms with Gasteiger partial charge in [0.1, 0.15) is 34.5 Å². The van der Waals surface area contributed by atoms with Crippen molar-refractivity contribution in [2.75, 3.05) is 51.3 Å². The van der Waals surface area contributed by atoms with Gasteiger partial charge in [-0.05, 0) is 46.7 Å². The van der Waals surface area contributed by atoms with Crippen LogP contribution in [0.1, 0.15) is 44.1 Å². The molecular formula is C29H35ClN6O7.